The maximum absolute atomic E-state index is 8.79. The Balaban J connectivity index is 2.36. The number of hydrogen-bond donors (Lipinski definition) is 1. The molecule has 0 aliphatic carbocycles. The zero-order valence-electron chi connectivity index (χ0n) is 10.1. The van der Waals surface area contributed by atoms with Crippen LogP contribution in [0.1, 0.15) is 5.56 Å². The summed E-state index contributed by atoms with van der Waals surface area (Å²) in [5.41, 5.74) is 1.90. The molecular formula is C14H10Cl2N2O. The highest BCUT2D eigenvalue weighted by molar-refractivity contribution is 6.33. The number of methoxy groups -OCH3 is 1. The molecule has 0 aliphatic heterocycles. The molecule has 0 aromatic heterocycles. The summed E-state index contributed by atoms with van der Waals surface area (Å²) in [7, 11) is 1.58. The lowest BCUT2D eigenvalue weighted by Crippen LogP contribution is -1.95. The van der Waals surface area contributed by atoms with E-state index in [-0.39, 0.29) is 0 Å². The SMILES string of the molecule is COc1ccc(Cl)cc1Nc1ccc(C#N)cc1Cl. The van der Waals surface area contributed by atoms with E-state index in [9.17, 15) is 0 Å². The van der Waals surface area contributed by atoms with Gasteiger partial charge in [-0.2, -0.15) is 5.26 Å². The summed E-state index contributed by atoms with van der Waals surface area (Å²) in [6, 6.07) is 12.3. The Bertz CT molecular complexity index is 650. The van der Waals surface area contributed by atoms with Crippen LogP contribution >= 0.6 is 23.2 Å². The van der Waals surface area contributed by atoms with Gasteiger partial charge in [0.25, 0.3) is 0 Å². The second-order valence-electron chi connectivity index (χ2n) is 3.78. The first-order valence-electron chi connectivity index (χ1n) is 5.44. The standard InChI is InChI=1S/C14H10Cl2N2O/c1-19-14-5-3-10(15)7-13(14)18-12-4-2-9(8-17)6-11(12)16/h2-7,18H,1H3. The Hall–Kier alpha value is -1.89. The average Bonchev–Trinajstić information content (AvgIpc) is 2.41. The Labute approximate surface area is 121 Å². The summed E-state index contributed by atoms with van der Waals surface area (Å²) in [4.78, 5) is 0. The van der Waals surface area contributed by atoms with Gasteiger partial charge in [0.15, 0.2) is 0 Å². The molecule has 0 atom stereocenters. The van der Waals surface area contributed by atoms with Gasteiger partial charge in [-0.1, -0.05) is 23.2 Å². The van der Waals surface area contributed by atoms with Crippen LogP contribution in [-0.2, 0) is 0 Å². The molecule has 1 N–H and O–H groups in total. The summed E-state index contributed by atoms with van der Waals surface area (Å²) < 4.78 is 5.24. The molecule has 0 aliphatic rings. The van der Waals surface area contributed by atoms with E-state index in [1.165, 1.54) is 0 Å². The van der Waals surface area contributed by atoms with Crippen LogP contribution in [0.25, 0.3) is 0 Å². The highest BCUT2D eigenvalue weighted by atomic mass is 35.5. The van der Waals surface area contributed by atoms with E-state index in [1.54, 1.807) is 43.5 Å². The number of nitrogens with one attached hydrogen (secondary N) is 1. The van der Waals surface area contributed by atoms with Gasteiger partial charge in [-0.3, -0.25) is 0 Å². The third-order valence-corrected chi connectivity index (χ3v) is 3.08. The van der Waals surface area contributed by atoms with Crippen LogP contribution in [0.3, 0.4) is 0 Å². The van der Waals surface area contributed by atoms with Gasteiger partial charge < -0.3 is 10.1 Å². The topological polar surface area (TPSA) is 45.0 Å². The van der Waals surface area contributed by atoms with Gasteiger partial charge in [0.05, 0.1) is 35.1 Å². The van der Waals surface area contributed by atoms with Crippen molar-refractivity contribution in [2.45, 2.75) is 0 Å². The highest BCUT2D eigenvalue weighted by Gasteiger charge is 2.07. The third kappa shape index (κ3) is 3.11. The van der Waals surface area contributed by atoms with Gasteiger partial charge in [0.1, 0.15) is 5.75 Å². The summed E-state index contributed by atoms with van der Waals surface area (Å²) in [6.07, 6.45) is 0. The van der Waals surface area contributed by atoms with Crippen molar-refractivity contribution in [1.29, 1.82) is 5.26 Å². The van der Waals surface area contributed by atoms with Crippen molar-refractivity contribution in [2.24, 2.45) is 0 Å². The first kappa shape index (κ1) is 13.5. The van der Waals surface area contributed by atoms with Crippen molar-refractivity contribution in [3.05, 3.63) is 52.0 Å². The number of benzene rings is 2. The normalized spacial score (nSPS) is 9.79. The first-order valence-corrected chi connectivity index (χ1v) is 6.20. The van der Waals surface area contributed by atoms with Crippen molar-refractivity contribution in [1.82, 2.24) is 0 Å². The average molecular weight is 293 g/mol. The molecule has 96 valence electrons. The van der Waals surface area contributed by atoms with E-state index in [2.05, 4.69) is 5.32 Å². The zero-order valence-corrected chi connectivity index (χ0v) is 11.6. The van der Waals surface area contributed by atoms with E-state index < -0.39 is 0 Å². The number of nitriles is 1. The monoisotopic (exact) mass is 292 g/mol. The van der Waals surface area contributed by atoms with Gasteiger partial charge in [-0.15, -0.1) is 0 Å². The second kappa shape index (κ2) is 5.83. The predicted octanol–water partition coefficient (Wildman–Crippen LogP) is 4.62. The van der Waals surface area contributed by atoms with Crippen molar-refractivity contribution in [3.63, 3.8) is 0 Å². The van der Waals surface area contributed by atoms with Crippen LogP contribution in [-0.4, -0.2) is 7.11 Å². The van der Waals surface area contributed by atoms with Crippen LogP contribution in [0.2, 0.25) is 10.0 Å². The zero-order chi connectivity index (χ0) is 13.8. The van der Waals surface area contributed by atoms with E-state index >= 15 is 0 Å². The van der Waals surface area contributed by atoms with E-state index in [0.717, 1.165) is 0 Å². The number of hydrogen-bond acceptors (Lipinski definition) is 3. The van der Waals surface area contributed by atoms with E-state index in [0.29, 0.717) is 32.7 Å². The Morgan fingerprint density at radius 2 is 1.89 bits per heavy atom. The summed E-state index contributed by atoms with van der Waals surface area (Å²) in [6.45, 7) is 0. The van der Waals surface area contributed by atoms with Crippen molar-refractivity contribution < 1.29 is 4.74 Å². The molecule has 0 radical (unpaired) electrons. The van der Waals surface area contributed by atoms with Gasteiger partial charge in [0, 0.05) is 5.02 Å². The van der Waals surface area contributed by atoms with Crippen LogP contribution in [0.4, 0.5) is 11.4 Å². The molecule has 0 fully saturated rings. The lowest BCUT2D eigenvalue weighted by atomic mass is 10.2. The molecule has 0 spiro atoms. The number of halogens is 2. The van der Waals surface area contributed by atoms with Gasteiger partial charge in [0.2, 0.25) is 0 Å². The molecule has 2 aromatic carbocycles. The van der Waals surface area contributed by atoms with Gasteiger partial charge >= 0.3 is 0 Å². The Kier molecular flexibility index (Phi) is 4.16. The summed E-state index contributed by atoms with van der Waals surface area (Å²) >= 11 is 12.1. The summed E-state index contributed by atoms with van der Waals surface area (Å²) in [5.74, 6) is 0.657. The predicted molar refractivity (Wildman–Crippen MR) is 77.5 cm³/mol. The first-order chi connectivity index (χ1) is 9.13. The van der Waals surface area contributed by atoms with Crippen LogP contribution in [0.15, 0.2) is 36.4 Å². The highest BCUT2D eigenvalue weighted by Crippen LogP contribution is 2.33. The minimum absolute atomic E-state index is 0.459. The van der Waals surface area contributed by atoms with Crippen LogP contribution < -0.4 is 10.1 Å². The minimum atomic E-state index is 0.459. The molecule has 0 saturated heterocycles. The lowest BCUT2D eigenvalue weighted by Gasteiger charge is -2.12. The van der Waals surface area contributed by atoms with Gasteiger partial charge in [-0.25, -0.2) is 0 Å². The summed E-state index contributed by atoms with van der Waals surface area (Å²) in [5, 5.41) is 13.0. The van der Waals surface area contributed by atoms with Crippen molar-refractivity contribution >= 4 is 34.6 Å². The van der Waals surface area contributed by atoms with Crippen LogP contribution in [0, 0.1) is 11.3 Å². The molecule has 0 amide bonds. The number of nitrogens with zero attached hydrogens (tertiary/aromatic N) is 1. The number of ether oxygens (including phenoxy) is 1. The lowest BCUT2D eigenvalue weighted by molar-refractivity contribution is 0.417. The molecule has 0 bridgehead atoms. The Morgan fingerprint density at radius 3 is 2.53 bits per heavy atom. The molecule has 19 heavy (non-hydrogen) atoms. The molecule has 0 saturated carbocycles. The third-order valence-electron chi connectivity index (χ3n) is 2.53. The molecule has 0 unspecified atom stereocenters. The molecule has 2 aromatic rings. The molecule has 0 heterocycles. The largest absolute Gasteiger partial charge is 0.495 e. The molecule has 2 rings (SSSR count). The van der Waals surface area contributed by atoms with Crippen molar-refractivity contribution in [2.75, 3.05) is 12.4 Å². The second-order valence-corrected chi connectivity index (χ2v) is 4.62. The van der Waals surface area contributed by atoms with Crippen LogP contribution in [0.5, 0.6) is 5.75 Å². The number of rotatable bonds is 3. The Morgan fingerprint density at radius 1 is 1.11 bits per heavy atom. The number of anilines is 2. The van der Waals surface area contributed by atoms with E-state index in [4.69, 9.17) is 33.2 Å². The molecule has 5 heteroatoms. The smallest absolute Gasteiger partial charge is 0.142 e. The fourth-order valence-corrected chi connectivity index (χ4v) is 2.01. The fourth-order valence-electron chi connectivity index (χ4n) is 1.61. The fraction of sp³-hybridized carbons (Fsp3) is 0.0714. The minimum Gasteiger partial charge on any atom is -0.495 e. The maximum Gasteiger partial charge on any atom is 0.142 e. The van der Waals surface area contributed by atoms with Gasteiger partial charge in [-0.05, 0) is 36.4 Å². The van der Waals surface area contributed by atoms with E-state index in [1.807, 2.05) is 6.07 Å². The maximum atomic E-state index is 8.79. The molecule has 3 nitrogen and oxygen atoms in total. The van der Waals surface area contributed by atoms with Crippen molar-refractivity contribution in [3.8, 4) is 11.8 Å². The quantitative estimate of drug-likeness (QED) is 0.898. The molecular weight excluding hydrogens is 283 g/mol.